The van der Waals surface area contributed by atoms with Crippen LogP contribution in [0.15, 0.2) is 59.5 Å². The van der Waals surface area contributed by atoms with Crippen LogP contribution in [-0.4, -0.2) is 35.7 Å². The zero-order chi connectivity index (χ0) is 23.2. The van der Waals surface area contributed by atoms with Crippen LogP contribution in [0.3, 0.4) is 0 Å². The molecule has 0 saturated heterocycles. The molecule has 1 aliphatic rings. The number of nitrogens with two attached hydrogens (primary N) is 1. The van der Waals surface area contributed by atoms with Gasteiger partial charge in [-0.1, -0.05) is 36.4 Å². The van der Waals surface area contributed by atoms with Gasteiger partial charge in [0.1, 0.15) is 5.00 Å². The van der Waals surface area contributed by atoms with Gasteiger partial charge in [0, 0.05) is 35.1 Å². The molecule has 33 heavy (non-hydrogen) atoms. The Hall–Kier alpha value is -2.81. The summed E-state index contributed by atoms with van der Waals surface area (Å²) in [5, 5.41) is 3.55. The average Bonchev–Trinajstić information content (AvgIpc) is 3.15. The third-order valence-corrected chi connectivity index (χ3v) is 7.47. The number of hydrogen-bond donors (Lipinski definition) is 2. The Morgan fingerprint density at radius 2 is 2.00 bits per heavy atom. The molecule has 8 heteroatoms. The van der Waals surface area contributed by atoms with Crippen LogP contribution in [0.2, 0.25) is 0 Å². The van der Waals surface area contributed by atoms with E-state index in [9.17, 15) is 9.59 Å². The summed E-state index contributed by atoms with van der Waals surface area (Å²) in [6.45, 7) is 4.53. The molecule has 4 rings (SSSR count). The summed E-state index contributed by atoms with van der Waals surface area (Å²) in [5.41, 5.74) is 9.25. The molecule has 0 radical (unpaired) electrons. The second kappa shape index (κ2) is 10.9. The number of amides is 1. The van der Waals surface area contributed by atoms with E-state index in [1.807, 2.05) is 42.5 Å². The minimum absolute atomic E-state index is 0.160. The molecule has 1 aromatic heterocycles. The van der Waals surface area contributed by atoms with Crippen molar-refractivity contribution in [2.24, 2.45) is 0 Å². The number of carbonyl (C=O) groups is 2. The van der Waals surface area contributed by atoms with Crippen LogP contribution in [0, 0.1) is 0 Å². The van der Waals surface area contributed by atoms with Crippen molar-refractivity contribution in [1.82, 2.24) is 4.90 Å². The van der Waals surface area contributed by atoms with Crippen molar-refractivity contribution >= 4 is 45.7 Å². The largest absolute Gasteiger partial charge is 0.462 e. The van der Waals surface area contributed by atoms with Crippen molar-refractivity contribution in [2.75, 3.05) is 30.0 Å². The van der Waals surface area contributed by atoms with Crippen molar-refractivity contribution in [2.45, 2.75) is 31.3 Å². The monoisotopic (exact) mass is 481 g/mol. The van der Waals surface area contributed by atoms with Gasteiger partial charge in [0.25, 0.3) is 0 Å². The van der Waals surface area contributed by atoms with Gasteiger partial charge in [-0.15, -0.1) is 23.1 Å². The predicted octanol–water partition coefficient (Wildman–Crippen LogP) is 4.80. The Balaban J connectivity index is 1.49. The van der Waals surface area contributed by atoms with E-state index in [0.717, 1.165) is 41.4 Å². The van der Waals surface area contributed by atoms with E-state index >= 15 is 0 Å². The number of nitrogen functional groups attached to an aromatic ring is 1. The summed E-state index contributed by atoms with van der Waals surface area (Å²) in [5.74, 6) is -0.299. The lowest BCUT2D eigenvalue weighted by Gasteiger charge is -2.27. The number of fused-ring (bicyclic) bond motifs is 1. The van der Waals surface area contributed by atoms with Gasteiger partial charge in [0.2, 0.25) is 5.91 Å². The molecule has 1 aliphatic heterocycles. The van der Waals surface area contributed by atoms with Gasteiger partial charge in [-0.2, -0.15) is 0 Å². The first-order chi connectivity index (χ1) is 16.0. The van der Waals surface area contributed by atoms with Crippen molar-refractivity contribution in [3.8, 4) is 0 Å². The zero-order valence-electron chi connectivity index (χ0n) is 18.5. The highest BCUT2D eigenvalue weighted by atomic mass is 32.2. The Bertz CT molecular complexity index is 1130. The summed E-state index contributed by atoms with van der Waals surface area (Å²) in [6, 6.07) is 17.8. The highest BCUT2D eigenvalue weighted by Gasteiger charge is 2.29. The van der Waals surface area contributed by atoms with Crippen molar-refractivity contribution in [3.05, 3.63) is 76.2 Å². The molecular formula is C25H27N3O3S2. The smallest absolute Gasteiger partial charge is 0.341 e. The summed E-state index contributed by atoms with van der Waals surface area (Å²) in [4.78, 5) is 29.9. The summed E-state index contributed by atoms with van der Waals surface area (Å²) < 4.78 is 5.32. The van der Waals surface area contributed by atoms with E-state index in [4.69, 9.17) is 10.5 Å². The molecule has 0 aliphatic carbocycles. The number of anilines is 2. The molecule has 1 amide bonds. The second-order valence-electron chi connectivity index (χ2n) is 7.78. The lowest BCUT2D eigenvalue weighted by molar-refractivity contribution is -0.113. The number of thioether (sulfide) groups is 1. The van der Waals surface area contributed by atoms with Gasteiger partial charge in [-0.25, -0.2) is 4.79 Å². The molecule has 0 bridgehead atoms. The van der Waals surface area contributed by atoms with E-state index < -0.39 is 0 Å². The molecular weight excluding hydrogens is 454 g/mol. The van der Waals surface area contributed by atoms with E-state index in [1.165, 1.54) is 28.7 Å². The number of ether oxygens (including phenoxy) is 1. The van der Waals surface area contributed by atoms with E-state index in [1.54, 1.807) is 6.92 Å². The average molecular weight is 482 g/mol. The fourth-order valence-electron chi connectivity index (χ4n) is 3.86. The maximum atomic E-state index is 12.8. The molecule has 2 heterocycles. The first kappa shape index (κ1) is 23.4. The molecule has 172 valence electrons. The highest BCUT2D eigenvalue weighted by molar-refractivity contribution is 8.00. The molecule has 2 aromatic carbocycles. The van der Waals surface area contributed by atoms with Crippen LogP contribution in [0.1, 0.15) is 33.3 Å². The van der Waals surface area contributed by atoms with Crippen LogP contribution in [0.4, 0.5) is 10.7 Å². The number of esters is 1. The number of carbonyl (C=O) groups excluding carboxylic acids is 2. The SMILES string of the molecule is CCOC(=O)c1c(NC(=O)CSc2cccc(N)c2)sc2c1CCN(Cc1ccccc1)C2. The topological polar surface area (TPSA) is 84.7 Å². The van der Waals surface area contributed by atoms with Crippen molar-refractivity contribution in [1.29, 1.82) is 0 Å². The normalized spacial score (nSPS) is 13.4. The lowest BCUT2D eigenvalue weighted by atomic mass is 10.0. The quantitative estimate of drug-likeness (QED) is 0.273. The number of rotatable bonds is 8. The van der Waals surface area contributed by atoms with E-state index in [2.05, 4.69) is 22.3 Å². The summed E-state index contributed by atoms with van der Waals surface area (Å²) in [6.07, 6.45) is 0.751. The van der Waals surface area contributed by atoms with Crippen LogP contribution in [-0.2, 0) is 29.0 Å². The minimum atomic E-state index is -0.370. The Morgan fingerprint density at radius 1 is 1.18 bits per heavy atom. The van der Waals surface area contributed by atoms with Crippen molar-refractivity contribution in [3.63, 3.8) is 0 Å². The van der Waals surface area contributed by atoms with Crippen molar-refractivity contribution < 1.29 is 14.3 Å². The predicted molar refractivity (Wildman–Crippen MR) is 135 cm³/mol. The standard InChI is InChI=1S/C25H27N3O3S2/c1-2-31-25(30)23-20-11-12-28(14-17-7-4-3-5-8-17)15-21(20)33-24(23)27-22(29)16-32-19-10-6-9-18(26)13-19/h3-10,13H,2,11-12,14-16,26H2,1H3,(H,27,29). The molecule has 0 unspecified atom stereocenters. The maximum Gasteiger partial charge on any atom is 0.341 e. The summed E-state index contributed by atoms with van der Waals surface area (Å²) in [7, 11) is 0. The third-order valence-electron chi connectivity index (χ3n) is 5.35. The first-order valence-corrected chi connectivity index (χ1v) is 12.7. The summed E-state index contributed by atoms with van der Waals surface area (Å²) >= 11 is 2.89. The number of nitrogens with zero attached hydrogens (tertiary/aromatic N) is 1. The Labute approximate surface area is 202 Å². The Morgan fingerprint density at radius 3 is 2.76 bits per heavy atom. The highest BCUT2D eigenvalue weighted by Crippen LogP contribution is 2.38. The lowest BCUT2D eigenvalue weighted by Crippen LogP contribution is -2.30. The fraction of sp³-hybridized carbons (Fsp3) is 0.280. The fourth-order valence-corrected chi connectivity index (χ4v) is 5.91. The van der Waals surface area contributed by atoms with Gasteiger partial charge in [-0.05, 0) is 42.7 Å². The van der Waals surface area contributed by atoms with E-state index in [0.29, 0.717) is 22.9 Å². The molecule has 6 nitrogen and oxygen atoms in total. The molecule has 3 N–H and O–H groups in total. The van der Waals surface area contributed by atoms with Crippen LogP contribution >= 0.6 is 23.1 Å². The Kier molecular flexibility index (Phi) is 7.69. The maximum absolute atomic E-state index is 12.8. The molecule has 0 saturated carbocycles. The third kappa shape index (κ3) is 5.96. The van der Waals surface area contributed by atoms with E-state index in [-0.39, 0.29) is 17.6 Å². The molecule has 0 atom stereocenters. The van der Waals surface area contributed by atoms with Crippen LogP contribution < -0.4 is 11.1 Å². The number of hydrogen-bond acceptors (Lipinski definition) is 7. The minimum Gasteiger partial charge on any atom is -0.462 e. The van der Waals surface area contributed by atoms with Crippen LogP contribution in [0.5, 0.6) is 0 Å². The van der Waals surface area contributed by atoms with Gasteiger partial charge < -0.3 is 15.8 Å². The van der Waals surface area contributed by atoms with Gasteiger partial charge >= 0.3 is 5.97 Å². The van der Waals surface area contributed by atoms with Crippen LogP contribution in [0.25, 0.3) is 0 Å². The second-order valence-corrected chi connectivity index (χ2v) is 9.94. The zero-order valence-corrected chi connectivity index (χ0v) is 20.1. The molecule has 3 aromatic rings. The number of thiophene rings is 1. The molecule has 0 fully saturated rings. The van der Waals surface area contributed by atoms with Gasteiger partial charge in [0.05, 0.1) is 17.9 Å². The number of benzene rings is 2. The van der Waals surface area contributed by atoms with Gasteiger partial charge in [0.15, 0.2) is 0 Å². The van der Waals surface area contributed by atoms with Gasteiger partial charge in [-0.3, -0.25) is 9.69 Å². The number of nitrogens with one attached hydrogen (secondary N) is 1. The molecule has 0 spiro atoms. The first-order valence-electron chi connectivity index (χ1n) is 10.9.